The maximum Gasteiger partial charge on any atom is 0.0271 e. The minimum absolute atomic E-state index is 0.441. The summed E-state index contributed by atoms with van der Waals surface area (Å²) in [5.41, 5.74) is 2.07. The average Bonchev–Trinajstić information content (AvgIpc) is 1.85. The van der Waals surface area contributed by atoms with Crippen molar-refractivity contribution in [2.75, 3.05) is 0 Å². The lowest BCUT2D eigenvalue weighted by Gasteiger charge is -2.09. The fourth-order valence-electron chi connectivity index (χ4n) is 0.746. The predicted molar refractivity (Wildman–Crippen MR) is 51.4 cm³/mol. The van der Waals surface area contributed by atoms with Gasteiger partial charge in [-0.3, -0.25) is 0 Å². The summed E-state index contributed by atoms with van der Waals surface area (Å²) in [5.74, 6) is 0. The van der Waals surface area contributed by atoms with Crippen LogP contribution in [-0.4, -0.2) is 6.04 Å². The Hall–Kier alpha value is -0.980. The summed E-state index contributed by atoms with van der Waals surface area (Å²) < 4.78 is 0. The molecule has 0 amide bonds. The van der Waals surface area contributed by atoms with E-state index in [1.54, 1.807) is 0 Å². The SMILES string of the molecule is C=C/C(C)=C\C(=C)NC(C)C. The van der Waals surface area contributed by atoms with Crippen molar-refractivity contribution in [3.05, 3.63) is 36.6 Å². The van der Waals surface area contributed by atoms with Gasteiger partial charge in [0.1, 0.15) is 0 Å². The third-order valence-electron chi connectivity index (χ3n) is 1.20. The molecule has 1 N–H and O–H groups in total. The fraction of sp³-hybridized carbons (Fsp3) is 0.400. The van der Waals surface area contributed by atoms with E-state index in [1.807, 2.05) is 19.1 Å². The summed E-state index contributed by atoms with van der Waals surface area (Å²) in [4.78, 5) is 0. The van der Waals surface area contributed by atoms with Gasteiger partial charge in [-0.25, -0.2) is 0 Å². The van der Waals surface area contributed by atoms with E-state index in [0.29, 0.717) is 6.04 Å². The highest BCUT2D eigenvalue weighted by molar-refractivity contribution is 5.24. The van der Waals surface area contributed by atoms with Gasteiger partial charge in [-0.05, 0) is 32.4 Å². The number of hydrogen-bond acceptors (Lipinski definition) is 1. The molecule has 0 unspecified atom stereocenters. The Bertz CT molecular complexity index is 175. The molecule has 0 fully saturated rings. The predicted octanol–water partition coefficient (Wildman–Crippen LogP) is 2.63. The molecule has 0 aromatic heterocycles. The summed E-state index contributed by atoms with van der Waals surface area (Å²) in [6.07, 6.45) is 3.79. The van der Waals surface area contributed by atoms with Crippen LogP contribution in [-0.2, 0) is 0 Å². The Morgan fingerprint density at radius 2 is 2.00 bits per heavy atom. The first-order valence-electron chi connectivity index (χ1n) is 3.82. The van der Waals surface area contributed by atoms with E-state index in [4.69, 9.17) is 0 Å². The van der Waals surface area contributed by atoms with Gasteiger partial charge in [0.15, 0.2) is 0 Å². The zero-order valence-electron chi connectivity index (χ0n) is 7.65. The van der Waals surface area contributed by atoms with Crippen molar-refractivity contribution in [2.24, 2.45) is 0 Å². The van der Waals surface area contributed by atoms with Crippen molar-refractivity contribution in [2.45, 2.75) is 26.8 Å². The van der Waals surface area contributed by atoms with Gasteiger partial charge >= 0.3 is 0 Å². The Morgan fingerprint density at radius 3 is 2.36 bits per heavy atom. The van der Waals surface area contributed by atoms with Gasteiger partial charge in [0.05, 0.1) is 0 Å². The summed E-state index contributed by atoms with van der Waals surface area (Å²) in [6.45, 7) is 13.7. The van der Waals surface area contributed by atoms with Crippen molar-refractivity contribution in [3.8, 4) is 0 Å². The fourth-order valence-corrected chi connectivity index (χ4v) is 0.746. The van der Waals surface area contributed by atoms with E-state index in [-0.39, 0.29) is 0 Å². The molecular weight excluding hydrogens is 134 g/mol. The number of rotatable bonds is 4. The standard InChI is InChI=1S/C10H17N/c1-6-9(4)7-10(5)11-8(2)3/h6-8,11H,1,5H2,2-4H3/b9-7-. The van der Waals surface area contributed by atoms with Gasteiger partial charge in [-0.2, -0.15) is 0 Å². The van der Waals surface area contributed by atoms with Crippen molar-refractivity contribution in [1.29, 1.82) is 0 Å². The Kier molecular flexibility index (Phi) is 4.35. The Morgan fingerprint density at radius 1 is 1.45 bits per heavy atom. The topological polar surface area (TPSA) is 12.0 Å². The zero-order chi connectivity index (χ0) is 8.85. The molecule has 0 saturated carbocycles. The second-order valence-electron chi connectivity index (χ2n) is 2.92. The van der Waals surface area contributed by atoms with Crippen molar-refractivity contribution >= 4 is 0 Å². The molecule has 0 aliphatic heterocycles. The molecule has 0 aliphatic carbocycles. The molecule has 62 valence electrons. The molecule has 0 heterocycles. The molecule has 0 aromatic carbocycles. The maximum absolute atomic E-state index is 3.85. The molecule has 1 nitrogen and oxygen atoms in total. The van der Waals surface area contributed by atoms with Gasteiger partial charge in [-0.1, -0.05) is 19.2 Å². The molecule has 1 heteroatoms. The molecule has 0 aromatic rings. The van der Waals surface area contributed by atoms with Crippen molar-refractivity contribution in [1.82, 2.24) is 5.32 Å². The van der Waals surface area contributed by atoms with Crippen molar-refractivity contribution < 1.29 is 0 Å². The molecule has 0 bridgehead atoms. The third kappa shape index (κ3) is 5.46. The minimum atomic E-state index is 0.441. The highest BCUT2D eigenvalue weighted by Crippen LogP contribution is 1.98. The van der Waals surface area contributed by atoms with E-state index in [0.717, 1.165) is 11.3 Å². The lowest BCUT2D eigenvalue weighted by molar-refractivity contribution is 0.682. The number of hydrogen-bond donors (Lipinski definition) is 1. The summed E-state index contributed by atoms with van der Waals surface area (Å²) in [6, 6.07) is 0.441. The van der Waals surface area contributed by atoms with Crippen LogP contribution in [0.4, 0.5) is 0 Å². The minimum Gasteiger partial charge on any atom is -0.383 e. The summed E-state index contributed by atoms with van der Waals surface area (Å²) in [5, 5.41) is 3.19. The van der Waals surface area contributed by atoms with Crippen LogP contribution in [0.1, 0.15) is 20.8 Å². The molecule has 11 heavy (non-hydrogen) atoms. The van der Waals surface area contributed by atoms with Crippen LogP contribution in [0.3, 0.4) is 0 Å². The summed E-state index contributed by atoms with van der Waals surface area (Å²) in [7, 11) is 0. The molecule has 0 aliphatic rings. The highest BCUT2D eigenvalue weighted by atomic mass is 14.9. The quantitative estimate of drug-likeness (QED) is 0.609. The van der Waals surface area contributed by atoms with Crippen LogP contribution >= 0.6 is 0 Å². The maximum atomic E-state index is 3.85. The second kappa shape index (κ2) is 4.78. The smallest absolute Gasteiger partial charge is 0.0271 e. The van der Waals surface area contributed by atoms with Crippen LogP contribution in [0, 0.1) is 0 Å². The van der Waals surface area contributed by atoms with Crippen LogP contribution in [0.5, 0.6) is 0 Å². The zero-order valence-corrected chi connectivity index (χ0v) is 7.65. The largest absolute Gasteiger partial charge is 0.383 e. The van der Waals surface area contributed by atoms with Gasteiger partial charge in [0, 0.05) is 11.7 Å². The molecular formula is C10H17N. The Labute approximate surface area is 69.5 Å². The lowest BCUT2D eigenvalue weighted by Crippen LogP contribution is -2.20. The van der Waals surface area contributed by atoms with E-state index in [9.17, 15) is 0 Å². The third-order valence-corrected chi connectivity index (χ3v) is 1.20. The van der Waals surface area contributed by atoms with Crippen LogP contribution in [0.2, 0.25) is 0 Å². The van der Waals surface area contributed by atoms with E-state index >= 15 is 0 Å². The molecule has 0 atom stereocenters. The highest BCUT2D eigenvalue weighted by Gasteiger charge is 1.91. The molecule has 0 rings (SSSR count). The van der Waals surface area contributed by atoms with E-state index in [1.165, 1.54) is 0 Å². The van der Waals surface area contributed by atoms with E-state index < -0.39 is 0 Å². The van der Waals surface area contributed by atoms with Gasteiger partial charge in [0.2, 0.25) is 0 Å². The number of nitrogens with one attached hydrogen (secondary N) is 1. The van der Waals surface area contributed by atoms with Gasteiger partial charge < -0.3 is 5.32 Å². The van der Waals surface area contributed by atoms with Crippen LogP contribution in [0.15, 0.2) is 36.6 Å². The van der Waals surface area contributed by atoms with E-state index in [2.05, 4.69) is 32.3 Å². The van der Waals surface area contributed by atoms with Gasteiger partial charge in [-0.15, -0.1) is 0 Å². The normalized spacial score (nSPS) is 11.5. The molecule has 0 radical (unpaired) electrons. The summed E-state index contributed by atoms with van der Waals surface area (Å²) >= 11 is 0. The molecule has 0 spiro atoms. The monoisotopic (exact) mass is 151 g/mol. The average molecular weight is 151 g/mol. The Balaban J connectivity index is 3.96. The lowest BCUT2D eigenvalue weighted by atomic mass is 10.2. The van der Waals surface area contributed by atoms with Crippen LogP contribution < -0.4 is 5.32 Å². The first-order valence-corrected chi connectivity index (χ1v) is 3.82. The number of allylic oxidation sites excluding steroid dienone is 3. The first kappa shape index (κ1) is 10.0. The second-order valence-corrected chi connectivity index (χ2v) is 2.92. The van der Waals surface area contributed by atoms with Crippen molar-refractivity contribution in [3.63, 3.8) is 0 Å². The van der Waals surface area contributed by atoms with Crippen LogP contribution in [0.25, 0.3) is 0 Å². The van der Waals surface area contributed by atoms with Gasteiger partial charge in [0.25, 0.3) is 0 Å². The molecule has 0 saturated heterocycles. The first-order chi connectivity index (χ1) is 5.06.